The van der Waals surface area contributed by atoms with Crippen LogP contribution in [0, 0.1) is 0 Å². The molecule has 1 atom stereocenters. The molecule has 0 saturated carbocycles. The third-order valence-corrected chi connectivity index (χ3v) is 3.89. The summed E-state index contributed by atoms with van der Waals surface area (Å²) in [6.45, 7) is 2.17. The first kappa shape index (κ1) is 12.7. The number of amides is 2. The minimum Gasteiger partial charge on any atom is -0.323 e. The Morgan fingerprint density at radius 2 is 2.25 bits per heavy atom. The summed E-state index contributed by atoms with van der Waals surface area (Å²) < 4.78 is 0. The molecular formula is C13H12N4O2S. The van der Waals surface area contributed by atoms with Crippen molar-refractivity contribution >= 4 is 28.3 Å². The first-order chi connectivity index (χ1) is 9.66. The van der Waals surface area contributed by atoms with Gasteiger partial charge in [-0.2, -0.15) is 0 Å². The second kappa shape index (κ2) is 5.01. The Morgan fingerprint density at radius 3 is 2.95 bits per heavy atom. The standard InChI is InChI=1S/C13H12N4O2S/c1-8(11(18)15-13-16-14-7-20-13)17-6-9-4-2-3-5-10(9)12(17)19/h2-5,7-8H,6H2,1H3,(H,15,16,18)/t8-/m1/s1. The zero-order valence-electron chi connectivity index (χ0n) is 10.7. The Hall–Kier alpha value is -2.28. The van der Waals surface area contributed by atoms with Gasteiger partial charge in [0.25, 0.3) is 5.91 Å². The zero-order chi connectivity index (χ0) is 14.1. The maximum atomic E-state index is 12.3. The summed E-state index contributed by atoms with van der Waals surface area (Å²) in [5.74, 6) is -0.372. The van der Waals surface area contributed by atoms with Gasteiger partial charge in [0.15, 0.2) is 0 Å². The van der Waals surface area contributed by atoms with Crippen LogP contribution in [0.1, 0.15) is 22.8 Å². The molecule has 1 aromatic heterocycles. The molecule has 0 radical (unpaired) electrons. The van der Waals surface area contributed by atoms with Crippen molar-refractivity contribution in [3.63, 3.8) is 0 Å². The van der Waals surface area contributed by atoms with Crippen molar-refractivity contribution in [2.24, 2.45) is 0 Å². The summed E-state index contributed by atoms with van der Waals surface area (Å²) >= 11 is 1.24. The molecule has 1 aromatic carbocycles. The van der Waals surface area contributed by atoms with Crippen molar-refractivity contribution in [1.82, 2.24) is 15.1 Å². The van der Waals surface area contributed by atoms with Crippen LogP contribution >= 0.6 is 11.3 Å². The molecule has 3 rings (SSSR count). The van der Waals surface area contributed by atoms with E-state index in [-0.39, 0.29) is 11.8 Å². The number of carbonyl (C=O) groups is 2. The van der Waals surface area contributed by atoms with Gasteiger partial charge in [0.05, 0.1) is 0 Å². The fourth-order valence-corrected chi connectivity index (χ4v) is 2.62. The highest BCUT2D eigenvalue weighted by Gasteiger charge is 2.33. The van der Waals surface area contributed by atoms with Gasteiger partial charge < -0.3 is 4.90 Å². The molecule has 0 spiro atoms. The van der Waals surface area contributed by atoms with E-state index in [2.05, 4.69) is 15.5 Å². The number of hydrogen-bond donors (Lipinski definition) is 1. The number of nitrogens with one attached hydrogen (secondary N) is 1. The van der Waals surface area contributed by atoms with Gasteiger partial charge in [-0.3, -0.25) is 14.9 Å². The van der Waals surface area contributed by atoms with E-state index in [0.29, 0.717) is 17.2 Å². The van der Waals surface area contributed by atoms with Gasteiger partial charge >= 0.3 is 0 Å². The first-order valence-electron chi connectivity index (χ1n) is 6.12. The average molecular weight is 288 g/mol. The van der Waals surface area contributed by atoms with Crippen molar-refractivity contribution in [2.45, 2.75) is 19.5 Å². The summed E-state index contributed by atoms with van der Waals surface area (Å²) in [5, 5.41) is 10.5. The molecule has 1 aliphatic rings. The second-order valence-electron chi connectivity index (χ2n) is 4.50. The molecule has 2 aromatic rings. The maximum absolute atomic E-state index is 12.3. The second-order valence-corrected chi connectivity index (χ2v) is 5.33. The van der Waals surface area contributed by atoms with E-state index in [9.17, 15) is 9.59 Å². The van der Waals surface area contributed by atoms with E-state index < -0.39 is 6.04 Å². The highest BCUT2D eigenvalue weighted by atomic mass is 32.1. The lowest BCUT2D eigenvalue weighted by Crippen LogP contribution is -2.42. The lowest BCUT2D eigenvalue weighted by Gasteiger charge is -2.22. The lowest BCUT2D eigenvalue weighted by molar-refractivity contribution is -0.120. The predicted molar refractivity (Wildman–Crippen MR) is 74.3 cm³/mol. The maximum Gasteiger partial charge on any atom is 0.255 e. The van der Waals surface area contributed by atoms with E-state index in [0.717, 1.165) is 5.56 Å². The van der Waals surface area contributed by atoms with Crippen LogP contribution in [0.5, 0.6) is 0 Å². The third kappa shape index (κ3) is 2.16. The molecule has 0 bridgehead atoms. The molecule has 0 saturated heterocycles. The number of fused-ring (bicyclic) bond motifs is 1. The van der Waals surface area contributed by atoms with Gasteiger partial charge in [-0.25, -0.2) is 0 Å². The average Bonchev–Trinajstić information content (AvgIpc) is 3.07. The Kier molecular flexibility index (Phi) is 3.19. The Morgan fingerprint density at radius 1 is 1.45 bits per heavy atom. The van der Waals surface area contributed by atoms with Crippen LogP contribution in [0.4, 0.5) is 5.13 Å². The van der Waals surface area contributed by atoms with Crippen molar-refractivity contribution in [3.05, 3.63) is 40.9 Å². The number of rotatable bonds is 3. The predicted octanol–water partition coefficient (Wildman–Crippen LogP) is 1.52. The van der Waals surface area contributed by atoms with Gasteiger partial charge in [-0.1, -0.05) is 29.5 Å². The third-order valence-electron chi connectivity index (χ3n) is 3.29. The minimum atomic E-state index is -0.557. The van der Waals surface area contributed by atoms with Crippen LogP contribution in [0.3, 0.4) is 0 Å². The first-order valence-corrected chi connectivity index (χ1v) is 7.00. The smallest absolute Gasteiger partial charge is 0.255 e. The summed E-state index contributed by atoms with van der Waals surface area (Å²) in [7, 11) is 0. The molecule has 0 unspecified atom stereocenters. The molecular weight excluding hydrogens is 276 g/mol. The molecule has 20 heavy (non-hydrogen) atoms. The highest BCUT2D eigenvalue weighted by molar-refractivity contribution is 7.13. The number of carbonyl (C=O) groups excluding carboxylic acids is 2. The van der Waals surface area contributed by atoms with Gasteiger partial charge in [0.2, 0.25) is 11.0 Å². The van der Waals surface area contributed by atoms with Crippen LogP contribution in [-0.2, 0) is 11.3 Å². The number of anilines is 1. The molecule has 1 aliphatic heterocycles. The molecule has 102 valence electrons. The van der Waals surface area contributed by atoms with Crippen LogP contribution in [0.25, 0.3) is 0 Å². The quantitative estimate of drug-likeness (QED) is 0.929. The fourth-order valence-electron chi connectivity index (χ4n) is 2.17. The van der Waals surface area contributed by atoms with E-state index >= 15 is 0 Å². The van der Waals surface area contributed by atoms with Crippen molar-refractivity contribution in [1.29, 1.82) is 0 Å². The van der Waals surface area contributed by atoms with E-state index in [1.165, 1.54) is 16.8 Å². The molecule has 2 heterocycles. The summed E-state index contributed by atoms with van der Waals surface area (Å²) in [4.78, 5) is 26.0. The Bertz CT molecular complexity index is 656. The van der Waals surface area contributed by atoms with Gasteiger partial charge in [0.1, 0.15) is 11.6 Å². The molecule has 1 N–H and O–H groups in total. The van der Waals surface area contributed by atoms with E-state index in [1.54, 1.807) is 17.9 Å². The minimum absolute atomic E-state index is 0.111. The topological polar surface area (TPSA) is 75.2 Å². The van der Waals surface area contributed by atoms with Gasteiger partial charge in [0, 0.05) is 12.1 Å². The lowest BCUT2D eigenvalue weighted by atomic mass is 10.1. The normalized spacial score (nSPS) is 15.1. The monoisotopic (exact) mass is 288 g/mol. The Labute approximate surface area is 119 Å². The number of benzene rings is 1. The summed E-state index contributed by atoms with van der Waals surface area (Å²) in [5.41, 5.74) is 3.16. The SMILES string of the molecule is C[C@H](C(=O)Nc1nncs1)N1Cc2ccccc2C1=O. The molecule has 7 heteroatoms. The van der Waals surface area contributed by atoms with Crippen molar-refractivity contribution in [3.8, 4) is 0 Å². The number of hydrogen-bond acceptors (Lipinski definition) is 5. The molecule has 0 aliphatic carbocycles. The van der Waals surface area contributed by atoms with E-state index in [4.69, 9.17) is 0 Å². The summed E-state index contributed by atoms with van der Waals surface area (Å²) in [6.07, 6.45) is 0. The highest BCUT2D eigenvalue weighted by Crippen LogP contribution is 2.24. The fraction of sp³-hybridized carbons (Fsp3) is 0.231. The van der Waals surface area contributed by atoms with Gasteiger partial charge in [-0.05, 0) is 18.6 Å². The van der Waals surface area contributed by atoms with Crippen LogP contribution in [0.2, 0.25) is 0 Å². The zero-order valence-corrected chi connectivity index (χ0v) is 11.6. The largest absolute Gasteiger partial charge is 0.323 e. The molecule has 6 nitrogen and oxygen atoms in total. The molecule has 0 fully saturated rings. The summed E-state index contributed by atoms with van der Waals surface area (Å²) in [6, 6.07) is 6.85. The van der Waals surface area contributed by atoms with E-state index in [1.807, 2.05) is 18.2 Å². The Balaban J connectivity index is 1.74. The van der Waals surface area contributed by atoms with Crippen LogP contribution in [0.15, 0.2) is 29.8 Å². The molecule has 2 amide bonds. The van der Waals surface area contributed by atoms with Crippen LogP contribution < -0.4 is 5.32 Å². The number of nitrogens with zero attached hydrogens (tertiary/aromatic N) is 3. The van der Waals surface area contributed by atoms with Crippen molar-refractivity contribution in [2.75, 3.05) is 5.32 Å². The van der Waals surface area contributed by atoms with Crippen LogP contribution in [-0.4, -0.2) is 33.0 Å². The van der Waals surface area contributed by atoms with Gasteiger partial charge in [-0.15, -0.1) is 10.2 Å². The number of aromatic nitrogens is 2. The van der Waals surface area contributed by atoms with Crippen molar-refractivity contribution < 1.29 is 9.59 Å².